The Hall–Kier alpha value is -0.410. The van der Waals surface area contributed by atoms with Crippen molar-refractivity contribution in [2.45, 2.75) is 53.0 Å². The molecular weight excluding hydrogens is 228 g/mol. The summed E-state index contributed by atoms with van der Waals surface area (Å²) >= 11 is 1.76. The minimum absolute atomic E-state index is 0.433. The van der Waals surface area contributed by atoms with Crippen LogP contribution in [0.5, 0.6) is 0 Å². The Kier molecular flexibility index (Phi) is 5.60. The predicted molar refractivity (Wildman–Crippen MR) is 76.5 cm³/mol. The summed E-state index contributed by atoms with van der Waals surface area (Å²) in [4.78, 5) is 5.52. The number of nitrogens with zero attached hydrogens (tertiary/aromatic N) is 1. The van der Waals surface area contributed by atoms with Gasteiger partial charge in [0.25, 0.3) is 0 Å². The maximum absolute atomic E-state index is 4.14. The van der Waals surface area contributed by atoms with Gasteiger partial charge in [0.15, 0.2) is 0 Å². The van der Waals surface area contributed by atoms with Crippen LogP contribution in [-0.2, 0) is 6.42 Å². The van der Waals surface area contributed by atoms with E-state index in [9.17, 15) is 0 Å². The van der Waals surface area contributed by atoms with Crippen molar-refractivity contribution in [2.24, 2.45) is 11.3 Å². The van der Waals surface area contributed by atoms with Gasteiger partial charge in [-0.15, -0.1) is 11.3 Å². The lowest BCUT2D eigenvalue weighted by Gasteiger charge is -2.26. The summed E-state index contributed by atoms with van der Waals surface area (Å²) < 4.78 is 0. The summed E-state index contributed by atoms with van der Waals surface area (Å²) in [6.45, 7) is 9.32. The smallest absolute Gasteiger partial charge is 0.0794 e. The molecule has 3 heteroatoms. The third-order valence-electron chi connectivity index (χ3n) is 2.99. The maximum atomic E-state index is 4.14. The van der Waals surface area contributed by atoms with Gasteiger partial charge in [-0.2, -0.15) is 0 Å². The third kappa shape index (κ3) is 6.18. The minimum Gasteiger partial charge on any atom is -0.317 e. The molecule has 0 aliphatic rings. The van der Waals surface area contributed by atoms with Crippen molar-refractivity contribution in [1.82, 2.24) is 10.3 Å². The molecule has 2 nitrogen and oxygen atoms in total. The number of rotatable bonds is 6. The number of thiazole rings is 1. The van der Waals surface area contributed by atoms with E-state index in [0.29, 0.717) is 11.5 Å². The van der Waals surface area contributed by atoms with Gasteiger partial charge < -0.3 is 5.32 Å². The molecule has 0 aromatic carbocycles. The fourth-order valence-corrected chi connectivity index (χ4v) is 3.18. The van der Waals surface area contributed by atoms with E-state index in [2.05, 4.69) is 45.0 Å². The second-order valence-corrected chi connectivity index (χ2v) is 7.23. The highest BCUT2D eigenvalue weighted by Crippen LogP contribution is 2.27. The molecule has 0 radical (unpaired) electrons. The van der Waals surface area contributed by atoms with Gasteiger partial charge in [-0.3, -0.25) is 4.98 Å². The van der Waals surface area contributed by atoms with E-state index in [1.54, 1.807) is 11.3 Å². The Balaban J connectivity index is 2.41. The average Bonchev–Trinajstić information content (AvgIpc) is 2.66. The van der Waals surface area contributed by atoms with Gasteiger partial charge in [-0.1, -0.05) is 27.7 Å². The Bertz CT molecular complexity index is 301. The van der Waals surface area contributed by atoms with E-state index in [0.717, 1.165) is 12.3 Å². The number of hydrogen-bond donors (Lipinski definition) is 1. The minimum atomic E-state index is 0.433. The Morgan fingerprint density at radius 3 is 2.59 bits per heavy atom. The molecule has 0 amide bonds. The van der Waals surface area contributed by atoms with Crippen LogP contribution in [0.25, 0.3) is 0 Å². The van der Waals surface area contributed by atoms with Crippen LogP contribution in [0, 0.1) is 11.3 Å². The van der Waals surface area contributed by atoms with Crippen molar-refractivity contribution in [3.63, 3.8) is 0 Å². The molecule has 1 rings (SSSR count). The summed E-state index contributed by atoms with van der Waals surface area (Å²) in [5.41, 5.74) is 2.35. The van der Waals surface area contributed by atoms with Crippen LogP contribution >= 0.6 is 11.3 Å². The SMILES string of the molecule is CNC(Cc1cncs1)CC(C)CC(C)(C)C. The van der Waals surface area contributed by atoms with Gasteiger partial charge in [0.05, 0.1) is 5.51 Å². The van der Waals surface area contributed by atoms with Crippen LogP contribution < -0.4 is 5.32 Å². The molecule has 98 valence electrons. The monoisotopic (exact) mass is 254 g/mol. The van der Waals surface area contributed by atoms with E-state index < -0.39 is 0 Å². The van der Waals surface area contributed by atoms with Crippen molar-refractivity contribution in [3.05, 3.63) is 16.6 Å². The molecule has 1 N–H and O–H groups in total. The van der Waals surface area contributed by atoms with Crippen molar-refractivity contribution in [3.8, 4) is 0 Å². The summed E-state index contributed by atoms with van der Waals surface area (Å²) in [5.74, 6) is 0.764. The van der Waals surface area contributed by atoms with Crippen LogP contribution in [0.4, 0.5) is 0 Å². The quantitative estimate of drug-likeness (QED) is 0.836. The zero-order valence-corrected chi connectivity index (χ0v) is 12.6. The van der Waals surface area contributed by atoms with Crippen molar-refractivity contribution >= 4 is 11.3 Å². The molecule has 17 heavy (non-hydrogen) atoms. The molecule has 1 aromatic rings. The first kappa shape index (κ1) is 14.7. The molecule has 2 atom stereocenters. The molecule has 2 unspecified atom stereocenters. The normalized spacial score (nSPS) is 15.8. The van der Waals surface area contributed by atoms with E-state index in [4.69, 9.17) is 0 Å². The highest BCUT2D eigenvalue weighted by atomic mass is 32.1. The van der Waals surface area contributed by atoms with Gasteiger partial charge in [-0.25, -0.2) is 0 Å². The van der Waals surface area contributed by atoms with Crippen LogP contribution in [0.15, 0.2) is 11.7 Å². The Morgan fingerprint density at radius 1 is 1.41 bits per heavy atom. The number of nitrogens with one attached hydrogen (secondary N) is 1. The second-order valence-electron chi connectivity index (χ2n) is 6.26. The lowest BCUT2D eigenvalue weighted by molar-refractivity contribution is 0.277. The van der Waals surface area contributed by atoms with E-state index >= 15 is 0 Å². The molecule has 1 heterocycles. The molecule has 0 spiro atoms. The number of aromatic nitrogens is 1. The van der Waals surface area contributed by atoms with Crippen LogP contribution in [0.2, 0.25) is 0 Å². The Labute approximate surface area is 110 Å². The molecule has 1 aromatic heterocycles. The van der Waals surface area contributed by atoms with Gasteiger partial charge in [0.2, 0.25) is 0 Å². The summed E-state index contributed by atoms with van der Waals surface area (Å²) in [6, 6.07) is 0.577. The molecular formula is C14H26N2S. The third-order valence-corrected chi connectivity index (χ3v) is 3.79. The number of likely N-dealkylation sites (N-methyl/N-ethyl adjacent to an activating group) is 1. The van der Waals surface area contributed by atoms with E-state index in [1.807, 2.05) is 11.7 Å². The van der Waals surface area contributed by atoms with E-state index in [1.165, 1.54) is 17.7 Å². The zero-order valence-electron chi connectivity index (χ0n) is 11.8. The first-order valence-corrected chi connectivity index (χ1v) is 7.33. The lowest BCUT2D eigenvalue weighted by Crippen LogP contribution is -2.30. The van der Waals surface area contributed by atoms with Crippen LogP contribution in [0.3, 0.4) is 0 Å². The van der Waals surface area contributed by atoms with E-state index in [-0.39, 0.29) is 0 Å². The first-order valence-electron chi connectivity index (χ1n) is 6.45. The van der Waals surface area contributed by atoms with Crippen LogP contribution in [-0.4, -0.2) is 18.1 Å². The fourth-order valence-electron chi connectivity index (χ4n) is 2.50. The maximum Gasteiger partial charge on any atom is 0.0794 e. The van der Waals surface area contributed by atoms with Gasteiger partial charge in [-0.05, 0) is 37.6 Å². The van der Waals surface area contributed by atoms with Crippen molar-refractivity contribution in [2.75, 3.05) is 7.05 Å². The molecule has 0 saturated carbocycles. The highest BCUT2D eigenvalue weighted by molar-refractivity contribution is 7.09. The standard InChI is InChI=1S/C14H26N2S/c1-11(8-14(2,3)4)6-12(15-5)7-13-9-16-10-17-13/h9-12,15H,6-8H2,1-5H3. The summed E-state index contributed by atoms with van der Waals surface area (Å²) in [7, 11) is 2.06. The van der Waals surface area contributed by atoms with Gasteiger partial charge in [0.1, 0.15) is 0 Å². The lowest BCUT2D eigenvalue weighted by atomic mass is 9.82. The zero-order chi connectivity index (χ0) is 12.9. The number of hydrogen-bond acceptors (Lipinski definition) is 3. The van der Waals surface area contributed by atoms with Gasteiger partial charge >= 0.3 is 0 Å². The first-order chi connectivity index (χ1) is 7.90. The summed E-state index contributed by atoms with van der Waals surface area (Å²) in [6.07, 6.45) is 5.62. The summed E-state index contributed by atoms with van der Waals surface area (Å²) in [5, 5.41) is 3.44. The predicted octanol–water partition coefficient (Wildman–Crippen LogP) is 3.74. The largest absolute Gasteiger partial charge is 0.317 e. The highest BCUT2D eigenvalue weighted by Gasteiger charge is 2.18. The van der Waals surface area contributed by atoms with Crippen molar-refractivity contribution in [1.29, 1.82) is 0 Å². The molecule has 0 saturated heterocycles. The topological polar surface area (TPSA) is 24.9 Å². The van der Waals surface area contributed by atoms with Gasteiger partial charge in [0, 0.05) is 17.1 Å². The molecule has 0 fully saturated rings. The van der Waals surface area contributed by atoms with Crippen molar-refractivity contribution < 1.29 is 0 Å². The second kappa shape index (κ2) is 6.50. The fraction of sp³-hybridized carbons (Fsp3) is 0.786. The average molecular weight is 254 g/mol. The molecule has 0 aliphatic heterocycles. The molecule has 0 bridgehead atoms. The Morgan fingerprint density at radius 2 is 2.12 bits per heavy atom. The van der Waals surface area contributed by atoms with Crippen LogP contribution in [0.1, 0.15) is 45.4 Å². The molecule has 0 aliphatic carbocycles.